The molecule has 0 N–H and O–H groups in total. The maximum absolute atomic E-state index is 13.0. The molecule has 1 aliphatic rings. The van der Waals surface area contributed by atoms with E-state index in [2.05, 4.69) is 15.0 Å². The highest BCUT2D eigenvalue weighted by molar-refractivity contribution is 7.54. The highest BCUT2D eigenvalue weighted by Crippen LogP contribution is 2.60. The van der Waals surface area contributed by atoms with E-state index in [0.717, 1.165) is 7.11 Å². The molecule has 0 bridgehead atoms. The van der Waals surface area contributed by atoms with Crippen LogP contribution in [0.3, 0.4) is 0 Å². The number of hydrogen-bond acceptors (Lipinski definition) is 3. The Balaban J connectivity index is 2.80. The standard InChI is InChI=1S/C6H8FO3P/c1-3-5-4-10-11(8,9-2)6(5)7/h1,5-6H,4H2,2H3. The first-order valence-electron chi connectivity index (χ1n) is 3.04. The molecule has 0 aromatic rings. The molecule has 1 saturated heterocycles. The van der Waals surface area contributed by atoms with Crippen LogP contribution in [0.4, 0.5) is 4.39 Å². The van der Waals surface area contributed by atoms with E-state index in [1.165, 1.54) is 0 Å². The molecule has 1 heterocycles. The molecule has 0 aromatic heterocycles. The summed E-state index contributed by atoms with van der Waals surface area (Å²) in [7, 11) is -2.38. The Morgan fingerprint density at radius 1 is 1.91 bits per heavy atom. The minimum Gasteiger partial charge on any atom is -0.310 e. The summed E-state index contributed by atoms with van der Waals surface area (Å²) in [5.41, 5.74) is 0. The first-order chi connectivity index (χ1) is 5.14. The molecule has 0 radical (unpaired) electrons. The van der Waals surface area contributed by atoms with E-state index in [0.29, 0.717) is 0 Å². The van der Waals surface area contributed by atoms with E-state index in [1.54, 1.807) is 0 Å². The molecule has 1 aliphatic heterocycles. The van der Waals surface area contributed by atoms with Crippen molar-refractivity contribution in [2.24, 2.45) is 5.92 Å². The van der Waals surface area contributed by atoms with Gasteiger partial charge in [0.1, 0.15) is 0 Å². The van der Waals surface area contributed by atoms with Gasteiger partial charge >= 0.3 is 7.60 Å². The first kappa shape index (κ1) is 8.73. The minimum atomic E-state index is -3.52. The number of halogens is 1. The smallest absolute Gasteiger partial charge is 0.310 e. The predicted octanol–water partition coefficient (Wildman–Crippen LogP) is 1.40. The Bertz CT molecular complexity index is 234. The van der Waals surface area contributed by atoms with Crippen LogP contribution < -0.4 is 0 Å². The first-order valence-corrected chi connectivity index (χ1v) is 4.65. The Hall–Kier alpha value is -0.360. The van der Waals surface area contributed by atoms with Crippen LogP contribution in [0.15, 0.2) is 0 Å². The molecular weight excluding hydrogens is 170 g/mol. The third-order valence-electron chi connectivity index (χ3n) is 1.54. The highest BCUT2D eigenvalue weighted by atomic mass is 31.2. The van der Waals surface area contributed by atoms with Crippen LogP contribution in [0.25, 0.3) is 0 Å². The largest absolute Gasteiger partial charge is 0.365 e. The van der Waals surface area contributed by atoms with Gasteiger partial charge in [-0.1, -0.05) is 5.92 Å². The van der Waals surface area contributed by atoms with E-state index >= 15 is 0 Å². The monoisotopic (exact) mass is 178 g/mol. The summed E-state index contributed by atoms with van der Waals surface area (Å²) in [5, 5.41) is 0. The van der Waals surface area contributed by atoms with Crippen molar-refractivity contribution in [3.8, 4) is 12.3 Å². The van der Waals surface area contributed by atoms with Crippen LogP contribution >= 0.6 is 7.60 Å². The molecule has 1 rings (SSSR count). The van der Waals surface area contributed by atoms with Gasteiger partial charge in [0, 0.05) is 7.11 Å². The average Bonchev–Trinajstić information content (AvgIpc) is 2.31. The lowest BCUT2D eigenvalue weighted by molar-refractivity contribution is 0.256. The van der Waals surface area contributed by atoms with Crippen molar-refractivity contribution in [1.29, 1.82) is 0 Å². The van der Waals surface area contributed by atoms with Crippen molar-refractivity contribution in [2.75, 3.05) is 13.7 Å². The van der Waals surface area contributed by atoms with Crippen LogP contribution in [0, 0.1) is 18.3 Å². The third kappa shape index (κ3) is 1.32. The molecule has 0 saturated carbocycles. The lowest BCUT2D eigenvalue weighted by atomic mass is 10.2. The molecule has 3 nitrogen and oxygen atoms in total. The molecule has 0 aromatic carbocycles. The highest BCUT2D eigenvalue weighted by Gasteiger charge is 2.47. The molecule has 0 aliphatic carbocycles. The Kier molecular flexibility index (Phi) is 2.34. The summed E-state index contributed by atoms with van der Waals surface area (Å²) >= 11 is 0. The summed E-state index contributed by atoms with van der Waals surface area (Å²) in [6, 6.07) is 0. The van der Waals surface area contributed by atoms with E-state index in [-0.39, 0.29) is 6.61 Å². The number of alkyl halides is 1. The van der Waals surface area contributed by atoms with Gasteiger partial charge in [-0.25, -0.2) is 4.39 Å². The molecule has 1 fully saturated rings. The molecule has 11 heavy (non-hydrogen) atoms. The summed E-state index contributed by atoms with van der Waals surface area (Å²) in [6.07, 6.45) is 4.95. The zero-order chi connectivity index (χ0) is 8.48. The van der Waals surface area contributed by atoms with Crippen molar-refractivity contribution in [1.82, 2.24) is 0 Å². The summed E-state index contributed by atoms with van der Waals surface area (Å²) in [6.45, 7) is -0.0250. The van der Waals surface area contributed by atoms with Crippen molar-refractivity contribution >= 4 is 7.60 Å². The lowest BCUT2D eigenvalue weighted by Gasteiger charge is -2.09. The minimum absolute atomic E-state index is 0.0250. The fraction of sp³-hybridized carbons (Fsp3) is 0.667. The molecule has 0 spiro atoms. The van der Waals surface area contributed by atoms with Crippen LogP contribution in [0.5, 0.6) is 0 Å². The molecule has 5 heteroatoms. The van der Waals surface area contributed by atoms with Gasteiger partial charge in [0.15, 0.2) is 0 Å². The zero-order valence-electron chi connectivity index (χ0n) is 5.99. The maximum Gasteiger partial charge on any atom is 0.365 e. The van der Waals surface area contributed by atoms with Gasteiger partial charge in [0.05, 0.1) is 12.5 Å². The van der Waals surface area contributed by atoms with Gasteiger partial charge in [-0.2, -0.15) is 0 Å². The van der Waals surface area contributed by atoms with Gasteiger partial charge in [0.2, 0.25) is 5.91 Å². The topological polar surface area (TPSA) is 35.5 Å². The second-order valence-corrected chi connectivity index (χ2v) is 4.36. The van der Waals surface area contributed by atoms with E-state index in [4.69, 9.17) is 6.42 Å². The SMILES string of the molecule is C#CC1COP(=O)(OC)C1F. The van der Waals surface area contributed by atoms with Crippen LogP contribution in [-0.4, -0.2) is 19.6 Å². The number of rotatable bonds is 1. The fourth-order valence-corrected chi connectivity index (χ4v) is 2.27. The number of terminal acetylenes is 1. The summed E-state index contributed by atoms with van der Waals surface area (Å²) < 4.78 is 33.2. The van der Waals surface area contributed by atoms with Crippen molar-refractivity contribution < 1.29 is 18.0 Å². The second kappa shape index (κ2) is 2.94. The normalized spacial score (nSPS) is 43.7. The molecule has 62 valence electrons. The van der Waals surface area contributed by atoms with Gasteiger partial charge in [0.25, 0.3) is 0 Å². The zero-order valence-corrected chi connectivity index (χ0v) is 6.88. The Morgan fingerprint density at radius 2 is 2.55 bits per heavy atom. The molecule has 3 unspecified atom stereocenters. The fourth-order valence-electron chi connectivity index (χ4n) is 0.836. The van der Waals surface area contributed by atoms with E-state index in [9.17, 15) is 8.96 Å². The summed E-state index contributed by atoms with van der Waals surface area (Å²) in [5.74, 6) is -0.253. The van der Waals surface area contributed by atoms with Crippen LogP contribution in [0.2, 0.25) is 0 Å². The molecule has 3 atom stereocenters. The van der Waals surface area contributed by atoms with E-state index < -0.39 is 19.4 Å². The third-order valence-corrected chi connectivity index (χ3v) is 3.52. The Labute approximate surface area is 64.4 Å². The van der Waals surface area contributed by atoms with Crippen LogP contribution in [0.1, 0.15) is 0 Å². The van der Waals surface area contributed by atoms with Gasteiger partial charge in [-0.15, -0.1) is 6.42 Å². The average molecular weight is 178 g/mol. The summed E-state index contributed by atoms with van der Waals surface area (Å²) in [4.78, 5) is 0. The predicted molar refractivity (Wildman–Crippen MR) is 37.8 cm³/mol. The lowest BCUT2D eigenvalue weighted by Crippen LogP contribution is -2.08. The van der Waals surface area contributed by atoms with Crippen molar-refractivity contribution in [3.05, 3.63) is 0 Å². The van der Waals surface area contributed by atoms with Gasteiger partial charge < -0.3 is 9.05 Å². The molecule has 0 amide bonds. The molecular formula is C6H8FO3P. The number of hydrogen-bond donors (Lipinski definition) is 0. The second-order valence-electron chi connectivity index (χ2n) is 2.16. The van der Waals surface area contributed by atoms with E-state index in [1.807, 2.05) is 0 Å². The van der Waals surface area contributed by atoms with Gasteiger partial charge in [-0.05, 0) is 0 Å². The van der Waals surface area contributed by atoms with Crippen LogP contribution in [-0.2, 0) is 13.6 Å². The van der Waals surface area contributed by atoms with Crippen molar-refractivity contribution in [2.45, 2.75) is 5.91 Å². The maximum atomic E-state index is 13.0. The Morgan fingerprint density at radius 3 is 2.82 bits per heavy atom. The quantitative estimate of drug-likeness (QED) is 0.449. The van der Waals surface area contributed by atoms with Gasteiger partial charge in [-0.3, -0.25) is 4.57 Å². The van der Waals surface area contributed by atoms with Crippen molar-refractivity contribution in [3.63, 3.8) is 0 Å².